The van der Waals surface area contributed by atoms with Crippen LogP contribution in [0.25, 0.3) is 251 Å². The van der Waals surface area contributed by atoms with Crippen LogP contribution in [0.5, 0.6) is 0 Å². The molecule has 2 aromatic heterocycles. The molecule has 0 saturated carbocycles. The second-order valence-corrected chi connectivity index (χ2v) is 32.2. The third-order valence-corrected chi connectivity index (χ3v) is 25.5. The summed E-state index contributed by atoms with van der Waals surface area (Å²) in [4.78, 5) is 0. The van der Waals surface area contributed by atoms with Crippen LogP contribution in [0.4, 0.5) is 0 Å². The maximum absolute atomic E-state index is 6.34. The van der Waals surface area contributed by atoms with Gasteiger partial charge in [-0.15, -0.1) is 0 Å². The molecule has 0 amide bonds. The zero-order valence-electron chi connectivity index (χ0n) is 84.5. The van der Waals surface area contributed by atoms with Crippen LogP contribution < -0.4 is 0 Å². The minimum atomic E-state index is 0. The molecule has 0 aliphatic heterocycles. The molecule has 718 valence electrons. The fourth-order valence-electron chi connectivity index (χ4n) is 20.0. The van der Waals surface area contributed by atoms with Gasteiger partial charge in [0.25, 0.3) is 0 Å². The second kappa shape index (κ2) is 51.7. The van der Waals surface area contributed by atoms with Crippen LogP contribution in [0.3, 0.4) is 0 Å². The van der Waals surface area contributed by atoms with Gasteiger partial charge in [0.1, 0.15) is 22.3 Å². The van der Waals surface area contributed by atoms with Crippen LogP contribution in [0.2, 0.25) is 0 Å². The van der Waals surface area contributed by atoms with E-state index in [0.717, 1.165) is 43.9 Å². The van der Waals surface area contributed by atoms with E-state index in [2.05, 4.69) is 449 Å². The topological polar surface area (TPSA) is 26.3 Å². The third-order valence-electron chi connectivity index (χ3n) is 25.5. The molecule has 2 nitrogen and oxygen atoms in total. The Bertz CT molecular complexity index is 8470. The molecule has 142 heavy (non-hydrogen) atoms. The molecular formula is C137H125Dy3O2-3. The maximum atomic E-state index is 6.34. The quantitative estimate of drug-likeness (QED) is 0.117. The standard InChI is InChI=1S/C46H28O.C40H24O.C34H22.7C2H6.3CH3.3Dy/c1-2-12-33-28-44-42(26-32(33)11-1)41-27-34(24-25-43(41)47-44)29-20-22-31(23-21-29)45-37-15-5-7-17-39(37)46(40-18-8-6-16-38(40)45)36-19-9-13-30-10-3-4-14-35(30)36;1-2-12-27-24-38-36(22-26(27)11-1)35-23-28(20-21-37(35)41-38)39-31-15-5-7-17-33(31)40(34-18-8-6-16-32(34)39)30-19-9-13-25-10-3-4-14-29(25)30;1-3-15-25-23(11-1)13-9-21-27(25)33-29-17-5-7-19-31(29)34(32-20-8-6-18-30(32)33)28-22-10-14-24-12-2-4-16-26(24)28;7*1-2;;;;;;/h1-28H;1-24H;1-22H;7*1-2H3;3*1H3;;;/q;;;;;;;;;;3*-1;;;. The first-order valence-corrected chi connectivity index (χ1v) is 49.1. The van der Waals surface area contributed by atoms with Crippen molar-refractivity contribution in [3.8, 4) is 77.9 Å². The average molecular weight is 2290 g/mol. The van der Waals surface area contributed by atoms with Crippen LogP contribution in [0.1, 0.15) is 96.9 Å². The van der Waals surface area contributed by atoms with Gasteiger partial charge in [-0.05, 0) is 256 Å². The van der Waals surface area contributed by atoms with Gasteiger partial charge in [0.15, 0.2) is 0 Å². The number of fused-ring (bicyclic) bond motifs is 18. The number of benzene rings is 24. The van der Waals surface area contributed by atoms with E-state index in [1.807, 2.05) is 96.9 Å². The van der Waals surface area contributed by atoms with Crippen LogP contribution in [0.15, 0.2) is 458 Å². The average Bonchev–Trinajstić information content (AvgIpc) is 1.36. The van der Waals surface area contributed by atoms with Crippen molar-refractivity contribution in [2.75, 3.05) is 0 Å². The summed E-state index contributed by atoms with van der Waals surface area (Å²) in [5, 5.41) is 34.9. The van der Waals surface area contributed by atoms with Crippen molar-refractivity contribution in [1.82, 2.24) is 0 Å². The molecule has 0 aliphatic rings. The van der Waals surface area contributed by atoms with Crippen LogP contribution in [-0.2, 0) is 0 Å². The first-order valence-electron chi connectivity index (χ1n) is 49.1. The molecule has 0 N–H and O–H groups in total. The molecule has 0 spiro atoms. The first kappa shape index (κ1) is 110. The Hall–Kier alpha value is -12.2. The summed E-state index contributed by atoms with van der Waals surface area (Å²) in [7, 11) is 0. The Kier molecular flexibility index (Phi) is 40.1. The minimum Gasteiger partial charge on any atom is -0.456 e. The van der Waals surface area contributed by atoms with Crippen molar-refractivity contribution in [3.05, 3.63) is 471 Å². The van der Waals surface area contributed by atoms with E-state index in [1.54, 1.807) is 0 Å². The molecule has 2 heterocycles. The molecule has 0 fully saturated rings. The second-order valence-electron chi connectivity index (χ2n) is 32.2. The number of rotatable bonds is 7. The van der Waals surface area contributed by atoms with E-state index in [4.69, 9.17) is 8.83 Å². The van der Waals surface area contributed by atoms with E-state index < -0.39 is 0 Å². The van der Waals surface area contributed by atoms with Crippen LogP contribution in [0, 0.1) is 137 Å². The van der Waals surface area contributed by atoms with Crippen molar-refractivity contribution in [2.45, 2.75) is 96.9 Å². The molecule has 0 bridgehead atoms. The Morgan fingerprint density at radius 2 is 0.296 bits per heavy atom. The van der Waals surface area contributed by atoms with Crippen molar-refractivity contribution in [2.24, 2.45) is 0 Å². The van der Waals surface area contributed by atoms with Crippen molar-refractivity contribution in [3.63, 3.8) is 0 Å². The monoisotopic (exact) mass is 2290 g/mol. The summed E-state index contributed by atoms with van der Waals surface area (Å²) in [6, 6.07) is 163. The normalized spacial score (nSPS) is 10.4. The summed E-state index contributed by atoms with van der Waals surface area (Å²) in [6.45, 7) is 28.0. The molecule has 0 saturated heterocycles. The van der Waals surface area contributed by atoms with Crippen molar-refractivity contribution in [1.29, 1.82) is 0 Å². The fourth-order valence-corrected chi connectivity index (χ4v) is 20.0. The predicted molar refractivity (Wildman–Crippen MR) is 621 cm³/mol. The van der Waals surface area contributed by atoms with Crippen molar-refractivity contribution >= 4 is 173 Å². The summed E-state index contributed by atoms with van der Waals surface area (Å²) in [5.41, 5.74) is 21.3. The third kappa shape index (κ3) is 21.1. The first-order chi connectivity index (χ1) is 67.5. The summed E-state index contributed by atoms with van der Waals surface area (Å²) in [6.07, 6.45) is 0. The summed E-state index contributed by atoms with van der Waals surface area (Å²) >= 11 is 0. The van der Waals surface area contributed by atoms with Gasteiger partial charge in [-0.2, -0.15) is 0 Å². The molecule has 24 aromatic carbocycles. The zero-order valence-corrected chi connectivity index (χ0v) is 90.6. The minimum absolute atomic E-state index is 0. The Morgan fingerprint density at radius 3 is 0.556 bits per heavy atom. The molecule has 0 aliphatic carbocycles. The van der Waals surface area contributed by atoms with E-state index in [9.17, 15) is 0 Å². The van der Waals surface area contributed by atoms with E-state index in [1.165, 1.54) is 207 Å². The van der Waals surface area contributed by atoms with E-state index in [-0.39, 0.29) is 137 Å². The smallest absolute Gasteiger partial charge is 0.136 e. The van der Waals surface area contributed by atoms with Crippen molar-refractivity contribution < 1.29 is 123 Å². The Balaban J connectivity index is 0.000000189. The van der Waals surface area contributed by atoms with Gasteiger partial charge < -0.3 is 31.1 Å². The molecule has 26 rings (SSSR count). The van der Waals surface area contributed by atoms with Crippen LogP contribution >= 0.6 is 0 Å². The molecule has 5 heteroatoms. The van der Waals surface area contributed by atoms with Gasteiger partial charge in [0.2, 0.25) is 0 Å². The number of hydrogen-bond donors (Lipinski definition) is 0. The maximum Gasteiger partial charge on any atom is 0.136 e. The number of furan rings is 2. The number of hydrogen-bond acceptors (Lipinski definition) is 2. The molecule has 0 unspecified atom stereocenters. The largest absolute Gasteiger partial charge is 0.456 e. The molecular weight excluding hydrogens is 2170 g/mol. The molecule has 26 aromatic rings. The van der Waals surface area contributed by atoms with Gasteiger partial charge >= 0.3 is 0 Å². The molecule has 0 radical (unpaired) electrons. The SMILES string of the molecule is CC.CC.CC.CC.CC.CC.CC.[CH3-].[CH3-].[CH3-].[Dy].[Dy].[Dy].c1ccc2c(-c3c4ccccc4c(-c4cccc5ccccc45)c4ccccc34)cccc2c1.c1ccc2cc3c(cc2c1)oc1ccc(-c2c4ccccc4c(-c4cccc5ccccc45)c4ccccc24)cc13.c1ccc2cc3c(cc2c1)oc1ccc(-c2ccc(-c4c5ccccc5c(-c5cccc6ccccc56)c5ccccc45)cc2)cc13. The van der Waals surface area contributed by atoms with Gasteiger partial charge in [-0.3, -0.25) is 0 Å². The molecule has 0 atom stereocenters. The van der Waals surface area contributed by atoms with E-state index >= 15 is 0 Å². The van der Waals surface area contributed by atoms with Gasteiger partial charge in [0, 0.05) is 136 Å². The summed E-state index contributed by atoms with van der Waals surface area (Å²) in [5.74, 6) is 0. The fraction of sp³-hybridized carbons (Fsp3) is 0.102. The zero-order chi connectivity index (χ0) is 94.3. The van der Waals surface area contributed by atoms with Gasteiger partial charge in [-0.25, -0.2) is 0 Å². The van der Waals surface area contributed by atoms with Gasteiger partial charge in [-0.1, -0.05) is 497 Å². The van der Waals surface area contributed by atoms with Crippen LogP contribution in [-0.4, -0.2) is 0 Å². The Morgan fingerprint density at radius 1 is 0.120 bits per heavy atom. The van der Waals surface area contributed by atoms with E-state index in [0.29, 0.717) is 0 Å². The summed E-state index contributed by atoms with van der Waals surface area (Å²) < 4.78 is 12.6. The Labute approximate surface area is 931 Å². The predicted octanol–water partition coefficient (Wildman–Crippen LogP) is 42.9. The van der Waals surface area contributed by atoms with Gasteiger partial charge in [0.05, 0.1) is 0 Å².